The van der Waals surface area contributed by atoms with Gasteiger partial charge in [0.2, 0.25) is 0 Å². The molecule has 0 aromatic carbocycles. The van der Waals surface area contributed by atoms with Gasteiger partial charge in [-0.25, -0.2) is 4.98 Å². The van der Waals surface area contributed by atoms with E-state index >= 15 is 0 Å². The highest BCUT2D eigenvalue weighted by atomic mass is 16.2. The van der Waals surface area contributed by atoms with E-state index in [-0.39, 0.29) is 5.91 Å². The lowest BCUT2D eigenvalue weighted by atomic mass is 10.3. The lowest BCUT2D eigenvalue weighted by molar-refractivity contribution is 0.0988. The molecule has 0 fully saturated rings. The number of pyridine rings is 2. The minimum atomic E-state index is -0.144. The van der Waals surface area contributed by atoms with Crippen LogP contribution in [0, 0.1) is 0 Å². The van der Waals surface area contributed by atoms with Gasteiger partial charge in [0.15, 0.2) is 0 Å². The molecule has 2 rings (SSSR count). The molecule has 0 aliphatic rings. The largest absolute Gasteiger partial charge is 0.384 e. The predicted molar refractivity (Wildman–Crippen MR) is 75.4 cm³/mol. The quantitative estimate of drug-likeness (QED) is 0.911. The summed E-state index contributed by atoms with van der Waals surface area (Å²) in [6.07, 6.45) is 4.97. The first-order chi connectivity index (χ1) is 9.22. The Morgan fingerprint density at radius 3 is 2.58 bits per heavy atom. The van der Waals surface area contributed by atoms with Crippen LogP contribution in [-0.2, 0) is 0 Å². The van der Waals surface area contributed by atoms with Crippen molar-refractivity contribution in [2.24, 2.45) is 0 Å². The summed E-state index contributed by atoms with van der Waals surface area (Å²) in [6, 6.07) is 7.14. The zero-order chi connectivity index (χ0) is 13.7. The SMILES string of the molecule is CCNc1ccc(C(=O)N(C)c2ccncc2)nc1. The van der Waals surface area contributed by atoms with Gasteiger partial charge in [-0.05, 0) is 31.2 Å². The minimum Gasteiger partial charge on any atom is -0.384 e. The molecule has 2 aromatic rings. The Bertz CT molecular complexity index is 539. The van der Waals surface area contributed by atoms with E-state index in [4.69, 9.17) is 0 Å². The second-order valence-electron chi connectivity index (χ2n) is 4.03. The summed E-state index contributed by atoms with van der Waals surface area (Å²) in [5, 5.41) is 3.14. The predicted octanol–water partition coefficient (Wildman–Crippen LogP) is 2.18. The van der Waals surface area contributed by atoms with Crippen molar-refractivity contribution in [3.63, 3.8) is 0 Å². The number of carbonyl (C=O) groups excluding carboxylic acids is 1. The standard InChI is InChI=1S/C14H16N4O/c1-3-16-11-4-5-13(17-10-11)14(19)18(2)12-6-8-15-9-7-12/h4-10,16H,3H2,1-2H3. The fraction of sp³-hybridized carbons (Fsp3) is 0.214. The number of aromatic nitrogens is 2. The van der Waals surface area contributed by atoms with Crippen molar-refractivity contribution in [1.82, 2.24) is 9.97 Å². The number of hydrogen-bond acceptors (Lipinski definition) is 4. The third kappa shape index (κ3) is 3.07. The van der Waals surface area contributed by atoms with Gasteiger partial charge in [0.1, 0.15) is 5.69 Å². The molecule has 0 aliphatic carbocycles. The first-order valence-corrected chi connectivity index (χ1v) is 6.10. The van der Waals surface area contributed by atoms with Crippen LogP contribution in [0.2, 0.25) is 0 Å². The van der Waals surface area contributed by atoms with Crippen LogP contribution in [0.3, 0.4) is 0 Å². The molecular formula is C14H16N4O. The van der Waals surface area contributed by atoms with E-state index in [1.807, 2.05) is 13.0 Å². The Labute approximate surface area is 112 Å². The average Bonchev–Trinajstić information content (AvgIpc) is 2.48. The van der Waals surface area contributed by atoms with E-state index in [1.165, 1.54) is 0 Å². The third-order valence-corrected chi connectivity index (χ3v) is 2.72. The van der Waals surface area contributed by atoms with Gasteiger partial charge in [0, 0.05) is 31.7 Å². The van der Waals surface area contributed by atoms with Crippen LogP contribution < -0.4 is 10.2 Å². The van der Waals surface area contributed by atoms with Gasteiger partial charge in [0.25, 0.3) is 5.91 Å². The van der Waals surface area contributed by atoms with Crippen LogP contribution in [-0.4, -0.2) is 29.5 Å². The highest BCUT2D eigenvalue weighted by molar-refractivity contribution is 6.04. The van der Waals surface area contributed by atoms with E-state index in [1.54, 1.807) is 48.7 Å². The van der Waals surface area contributed by atoms with Crippen LogP contribution in [0.1, 0.15) is 17.4 Å². The normalized spacial score (nSPS) is 10.0. The Hall–Kier alpha value is -2.43. The van der Waals surface area contributed by atoms with Gasteiger partial charge >= 0.3 is 0 Å². The number of nitrogens with zero attached hydrogens (tertiary/aromatic N) is 3. The molecule has 98 valence electrons. The summed E-state index contributed by atoms with van der Waals surface area (Å²) >= 11 is 0. The molecule has 5 heteroatoms. The molecule has 2 heterocycles. The summed E-state index contributed by atoms with van der Waals surface area (Å²) in [6.45, 7) is 2.84. The fourth-order valence-electron chi connectivity index (χ4n) is 1.69. The third-order valence-electron chi connectivity index (χ3n) is 2.72. The monoisotopic (exact) mass is 256 g/mol. The van der Waals surface area contributed by atoms with Crippen LogP contribution in [0.4, 0.5) is 11.4 Å². The fourth-order valence-corrected chi connectivity index (χ4v) is 1.69. The van der Waals surface area contributed by atoms with Crippen molar-refractivity contribution in [2.75, 3.05) is 23.8 Å². The van der Waals surface area contributed by atoms with Crippen LogP contribution in [0.15, 0.2) is 42.9 Å². The van der Waals surface area contributed by atoms with E-state index in [0.717, 1.165) is 17.9 Å². The molecule has 0 atom stereocenters. The highest BCUT2D eigenvalue weighted by Crippen LogP contribution is 2.14. The van der Waals surface area contributed by atoms with Crippen molar-refractivity contribution < 1.29 is 4.79 Å². The Morgan fingerprint density at radius 2 is 2.00 bits per heavy atom. The molecule has 19 heavy (non-hydrogen) atoms. The lowest BCUT2D eigenvalue weighted by Gasteiger charge is -2.16. The Kier molecular flexibility index (Phi) is 4.07. The van der Waals surface area contributed by atoms with E-state index in [9.17, 15) is 4.79 Å². The van der Waals surface area contributed by atoms with Crippen LogP contribution >= 0.6 is 0 Å². The second kappa shape index (κ2) is 5.95. The van der Waals surface area contributed by atoms with Gasteiger partial charge in [0.05, 0.1) is 11.9 Å². The zero-order valence-corrected chi connectivity index (χ0v) is 11.0. The molecule has 0 bridgehead atoms. The molecule has 2 aromatic heterocycles. The molecular weight excluding hydrogens is 240 g/mol. The maximum Gasteiger partial charge on any atom is 0.276 e. The maximum atomic E-state index is 12.2. The zero-order valence-electron chi connectivity index (χ0n) is 11.0. The Balaban J connectivity index is 2.15. The van der Waals surface area contributed by atoms with Gasteiger partial charge in [-0.2, -0.15) is 0 Å². The summed E-state index contributed by atoms with van der Waals surface area (Å²) in [5.41, 5.74) is 2.11. The summed E-state index contributed by atoms with van der Waals surface area (Å²) in [7, 11) is 1.72. The molecule has 1 N–H and O–H groups in total. The number of amides is 1. The average molecular weight is 256 g/mol. The second-order valence-corrected chi connectivity index (χ2v) is 4.03. The van der Waals surface area contributed by atoms with Gasteiger partial charge in [-0.1, -0.05) is 0 Å². The number of nitrogens with one attached hydrogen (secondary N) is 1. The first kappa shape index (κ1) is 13.0. The summed E-state index contributed by atoms with van der Waals surface area (Å²) < 4.78 is 0. The first-order valence-electron chi connectivity index (χ1n) is 6.10. The molecule has 0 unspecified atom stereocenters. The molecule has 0 saturated carbocycles. The smallest absolute Gasteiger partial charge is 0.276 e. The van der Waals surface area contributed by atoms with Crippen molar-refractivity contribution >= 4 is 17.3 Å². The van der Waals surface area contributed by atoms with Gasteiger partial charge in [-0.3, -0.25) is 9.78 Å². The van der Waals surface area contributed by atoms with Gasteiger partial charge in [-0.15, -0.1) is 0 Å². The molecule has 0 spiro atoms. The lowest BCUT2D eigenvalue weighted by Crippen LogP contribution is -2.27. The van der Waals surface area contributed by atoms with Crippen LogP contribution in [0.5, 0.6) is 0 Å². The number of rotatable bonds is 4. The van der Waals surface area contributed by atoms with Crippen molar-refractivity contribution in [2.45, 2.75) is 6.92 Å². The van der Waals surface area contributed by atoms with E-state index < -0.39 is 0 Å². The van der Waals surface area contributed by atoms with E-state index in [2.05, 4.69) is 15.3 Å². The highest BCUT2D eigenvalue weighted by Gasteiger charge is 2.14. The number of hydrogen-bond donors (Lipinski definition) is 1. The topological polar surface area (TPSA) is 58.1 Å². The van der Waals surface area contributed by atoms with Crippen molar-refractivity contribution in [3.05, 3.63) is 48.5 Å². The number of carbonyl (C=O) groups is 1. The molecule has 0 saturated heterocycles. The van der Waals surface area contributed by atoms with Crippen LogP contribution in [0.25, 0.3) is 0 Å². The molecule has 1 amide bonds. The molecule has 0 aliphatic heterocycles. The summed E-state index contributed by atoms with van der Waals surface area (Å²) in [4.78, 5) is 21.9. The molecule has 0 radical (unpaired) electrons. The summed E-state index contributed by atoms with van der Waals surface area (Å²) in [5.74, 6) is -0.144. The van der Waals surface area contributed by atoms with Crippen molar-refractivity contribution in [3.8, 4) is 0 Å². The molecule has 5 nitrogen and oxygen atoms in total. The number of anilines is 2. The maximum absolute atomic E-state index is 12.2. The van der Waals surface area contributed by atoms with Gasteiger partial charge < -0.3 is 10.2 Å². The van der Waals surface area contributed by atoms with Crippen molar-refractivity contribution in [1.29, 1.82) is 0 Å². The van der Waals surface area contributed by atoms with E-state index in [0.29, 0.717) is 5.69 Å². The Morgan fingerprint density at radius 1 is 1.26 bits per heavy atom. The minimum absolute atomic E-state index is 0.144.